The minimum Gasteiger partial charge on any atom is -0.479 e. The first-order valence-electron chi connectivity index (χ1n) is 9.26. The lowest BCUT2D eigenvalue weighted by molar-refractivity contribution is -0.159. The molecule has 144 valence electrons. The molecule has 0 bridgehead atoms. The highest BCUT2D eigenvalue weighted by molar-refractivity contribution is 5.95. The van der Waals surface area contributed by atoms with Crippen molar-refractivity contribution in [3.05, 3.63) is 59.2 Å². The average molecular weight is 378 g/mol. The van der Waals surface area contributed by atoms with Crippen LogP contribution in [0.2, 0.25) is 0 Å². The maximum absolute atomic E-state index is 12.3. The fourth-order valence-electron chi connectivity index (χ4n) is 3.08. The number of fused-ring (bicyclic) bond motifs is 1. The Hall–Kier alpha value is -3.33. The molecule has 3 rings (SSSR count). The maximum Gasteiger partial charge on any atom is 0.347 e. The predicted molar refractivity (Wildman–Crippen MR) is 104 cm³/mol. The topological polar surface area (TPSA) is 88.4 Å². The summed E-state index contributed by atoms with van der Waals surface area (Å²) < 4.78 is 10.7. The van der Waals surface area contributed by atoms with E-state index in [0.29, 0.717) is 17.0 Å². The van der Waals surface area contributed by atoms with Gasteiger partial charge in [-0.2, -0.15) is 5.26 Å². The molecule has 0 heterocycles. The van der Waals surface area contributed by atoms with E-state index in [-0.39, 0.29) is 0 Å². The van der Waals surface area contributed by atoms with Crippen LogP contribution in [0.1, 0.15) is 37.0 Å². The van der Waals surface area contributed by atoms with E-state index in [1.165, 1.54) is 18.1 Å². The van der Waals surface area contributed by atoms with Crippen LogP contribution in [0.5, 0.6) is 5.75 Å². The molecule has 28 heavy (non-hydrogen) atoms. The maximum atomic E-state index is 12.3. The number of carbonyl (C=O) groups excluding carboxylic acids is 2. The molecule has 1 N–H and O–H groups in total. The van der Waals surface area contributed by atoms with Crippen molar-refractivity contribution in [1.82, 2.24) is 0 Å². The van der Waals surface area contributed by atoms with Gasteiger partial charge in [0.15, 0.2) is 12.2 Å². The molecule has 0 saturated carbocycles. The number of nitriles is 1. The van der Waals surface area contributed by atoms with E-state index < -0.39 is 24.1 Å². The zero-order valence-electron chi connectivity index (χ0n) is 15.9. The third-order valence-electron chi connectivity index (χ3n) is 4.66. The van der Waals surface area contributed by atoms with Crippen molar-refractivity contribution in [2.75, 3.05) is 5.32 Å². The van der Waals surface area contributed by atoms with Crippen LogP contribution in [-0.4, -0.2) is 24.1 Å². The van der Waals surface area contributed by atoms with Gasteiger partial charge in [-0.1, -0.05) is 6.07 Å². The Morgan fingerprint density at radius 1 is 1.04 bits per heavy atom. The first-order chi connectivity index (χ1) is 13.5. The summed E-state index contributed by atoms with van der Waals surface area (Å²) >= 11 is 0. The second-order valence-corrected chi connectivity index (χ2v) is 6.80. The molecule has 2 atom stereocenters. The molecule has 0 saturated heterocycles. The monoisotopic (exact) mass is 378 g/mol. The van der Waals surface area contributed by atoms with Crippen LogP contribution in [0.3, 0.4) is 0 Å². The summed E-state index contributed by atoms with van der Waals surface area (Å²) in [6, 6.07) is 14.3. The molecule has 2 aromatic rings. The lowest BCUT2D eigenvalue weighted by Crippen LogP contribution is -2.35. The normalized spacial score (nSPS) is 14.3. The molecule has 6 heteroatoms. The van der Waals surface area contributed by atoms with Gasteiger partial charge in [0.25, 0.3) is 5.91 Å². The Balaban J connectivity index is 1.52. The van der Waals surface area contributed by atoms with Gasteiger partial charge in [-0.25, -0.2) is 4.79 Å². The van der Waals surface area contributed by atoms with Crippen molar-refractivity contribution in [1.29, 1.82) is 5.26 Å². The van der Waals surface area contributed by atoms with Crippen molar-refractivity contribution in [3.63, 3.8) is 0 Å². The molecule has 1 amide bonds. The largest absolute Gasteiger partial charge is 0.479 e. The summed E-state index contributed by atoms with van der Waals surface area (Å²) in [6.07, 6.45) is 1.40. The zero-order valence-corrected chi connectivity index (χ0v) is 15.9. The SMILES string of the molecule is C[C@@H](OC(=O)[C@@H](C)Oc1ccc(C#N)cc1)C(=O)Nc1ccc2c(c1)CCC2. The first kappa shape index (κ1) is 19.4. The van der Waals surface area contributed by atoms with Gasteiger partial charge >= 0.3 is 5.97 Å². The van der Waals surface area contributed by atoms with Crippen molar-refractivity contribution >= 4 is 17.6 Å². The Kier molecular flexibility index (Phi) is 5.95. The van der Waals surface area contributed by atoms with Crippen LogP contribution < -0.4 is 10.1 Å². The highest BCUT2D eigenvalue weighted by Gasteiger charge is 2.23. The van der Waals surface area contributed by atoms with Crippen LogP contribution in [-0.2, 0) is 27.2 Å². The van der Waals surface area contributed by atoms with Gasteiger partial charge in [0.1, 0.15) is 5.75 Å². The zero-order chi connectivity index (χ0) is 20.1. The summed E-state index contributed by atoms with van der Waals surface area (Å²) in [5.41, 5.74) is 3.79. The van der Waals surface area contributed by atoms with Crippen molar-refractivity contribution in [3.8, 4) is 11.8 Å². The molecule has 2 aromatic carbocycles. The molecular formula is C22H22N2O4. The van der Waals surface area contributed by atoms with Crippen LogP contribution in [0, 0.1) is 11.3 Å². The number of carbonyl (C=O) groups is 2. The molecule has 1 aliphatic carbocycles. The molecule has 0 aromatic heterocycles. The average Bonchev–Trinajstić information content (AvgIpc) is 3.16. The Bertz CT molecular complexity index is 915. The molecule has 0 unspecified atom stereocenters. The smallest absolute Gasteiger partial charge is 0.347 e. The number of amides is 1. The van der Waals surface area contributed by atoms with Crippen molar-refractivity contribution in [2.24, 2.45) is 0 Å². The van der Waals surface area contributed by atoms with Gasteiger partial charge in [-0.3, -0.25) is 4.79 Å². The van der Waals surface area contributed by atoms with Crippen LogP contribution in [0.4, 0.5) is 5.69 Å². The minimum absolute atomic E-state index is 0.392. The fourth-order valence-corrected chi connectivity index (χ4v) is 3.08. The summed E-state index contributed by atoms with van der Waals surface area (Å²) in [4.78, 5) is 24.6. The summed E-state index contributed by atoms with van der Waals surface area (Å²) in [5, 5.41) is 11.6. The number of aryl methyl sites for hydroxylation is 2. The molecular weight excluding hydrogens is 356 g/mol. The second-order valence-electron chi connectivity index (χ2n) is 6.80. The van der Waals surface area contributed by atoms with Gasteiger partial charge in [0.05, 0.1) is 11.6 Å². The van der Waals surface area contributed by atoms with Crippen LogP contribution in [0.15, 0.2) is 42.5 Å². The number of anilines is 1. The predicted octanol–water partition coefficient (Wildman–Crippen LogP) is 3.38. The lowest BCUT2D eigenvalue weighted by Gasteiger charge is -2.18. The van der Waals surface area contributed by atoms with Gasteiger partial charge in [0, 0.05) is 5.69 Å². The third kappa shape index (κ3) is 4.68. The van der Waals surface area contributed by atoms with E-state index in [2.05, 4.69) is 5.32 Å². The summed E-state index contributed by atoms with van der Waals surface area (Å²) in [5.74, 6) is -0.587. The van der Waals surface area contributed by atoms with E-state index in [1.54, 1.807) is 31.2 Å². The minimum atomic E-state index is -0.951. The van der Waals surface area contributed by atoms with Gasteiger partial charge in [0.2, 0.25) is 0 Å². The summed E-state index contributed by atoms with van der Waals surface area (Å²) in [7, 11) is 0. The number of hydrogen-bond acceptors (Lipinski definition) is 5. The molecule has 0 spiro atoms. The third-order valence-corrected chi connectivity index (χ3v) is 4.66. The number of rotatable bonds is 6. The number of hydrogen-bond donors (Lipinski definition) is 1. The Morgan fingerprint density at radius 3 is 2.46 bits per heavy atom. The number of benzene rings is 2. The first-order valence-corrected chi connectivity index (χ1v) is 9.26. The number of ether oxygens (including phenoxy) is 2. The van der Waals surface area contributed by atoms with Crippen LogP contribution >= 0.6 is 0 Å². The summed E-state index contributed by atoms with van der Waals surface area (Å²) in [6.45, 7) is 3.07. The molecule has 1 aliphatic rings. The van der Waals surface area contributed by atoms with E-state index in [4.69, 9.17) is 14.7 Å². The number of nitrogens with zero attached hydrogens (tertiary/aromatic N) is 1. The van der Waals surface area contributed by atoms with Gasteiger partial charge in [-0.15, -0.1) is 0 Å². The highest BCUT2D eigenvalue weighted by Crippen LogP contribution is 2.25. The van der Waals surface area contributed by atoms with E-state index in [0.717, 1.165) is 19.3 Å². The molecule has 0 aliphatic heterocycles. The fraction of sp³-hybridized carbons (Fsp3) is 0.318. The van der Waals surface area contributed by atoms with Gasteiger partial charge in [-0.05, 0) is 80.6 Å². The van der Waals surface area contributed by atoms with Crippen molar-refractivity contribution < 1.29 is 19.1 Å². The lowest BCUT2D eigenvalue weighted by atomic mass is 10.1. The standard InChI is InChI=1S/C22H22N2O4/c1-14(21(25)24-19-9-8-17-4-3-5-18(17)12-19)28-22(26)15(2)27-20-10-6-16(13-23)7-11-20/h6-12,14-15H,3-5H2,1-2H3,(H,24,25)/t14-,15-/m1/s1. The Morgan fingerprint density at radius 2 is 1.75 bits per heavy atom. The van der Waals surface area contributed by atoms with Crippen molar-refractivity contribution in [2.45, 2.75) is 45.3 Å². The Labute approximate surface area is 164 Å². The van der Waals surface area contributed by atoms with E-state index >= 15 is 0 Å². The molecule has 0 fully saturated rings. The van der Waals surface area contributed by atoms with E-state index in [9.17, 15) is 9.59 Å². The second kappa shape index (κ2) is 8.57. The van der Waals surface area contributed by atoms with Gasteiger partial charge < -0.3 is 14.8 Å². The molecule has 6 nitrogen and oxygen atoms in total. The molecule has 0 radical (unpaired) electrons. The number of nitrogens with one attached hydrogen (secondary N) is 1. The van der Waals surface area contributed by atoms with Crippen LogP contribution in [0.25, 0.3) is 0 Å². The number of esters is 1. The highest BCUT2D eigenvalue weighted by atomic mass is 16.6. The quantitative estimate of drug-likeness (QED) is 0.779. The van der Waals surface area contributed by atoms with E-state index in [1.807, 2.05) is 24.3 Å².